The largest absolute Gasteiger partial charge is 0.497 e. The van der Waals surface area contributed by atoms with E-state index in [4.69, 9.17) is 14.2 Å². The molecule has 0 bridgehead atoms. The maximum Gasteiger partial charge on any atom is 0.262 e. The summed E-state index contributed by atoms with van der Waals surface area (Å²) in [5.74, 6) is 1.86. The molecule has 0 atom stereocenters. The molecule has 1 aromatic heterocycles. The van der Waals surface area contributed by atoms with Crippen LogP contribution in [0.4, 0.5) is 5.69 Å². The van der Waals surface area contributed by atoms with Crippen molar-refractivity contribution in [2.45, 2.75) is 19.8 Å². The van der Waals surface area contributed by atoms with Crippen LogP contribution in [0.25, 0.3) is 10.9 Å². The Balaban J connectivity index is 1.83. The van der Waals surface area contributed by atoms with Crippen LogP contribution in [0.5, 0.6) is 17.2 Å². The number of nitrogens with zero attached hydrogens (tertiary/aromatic N) is 1. The zero-order valence-corrected chi connectivity index (χ0v) is 16.5. The van der Waals surface area contributed by atoms with E-state index in [2.05, 4.69) is 24.1 Å². The monoisotopic (exact) mass is 380 g/mol. The summed E-state index contributed by atoms with van der Waals surface area (Å²) in [7, 11) is 3.17. The molecule has 0 saturated heterocycles. The molecular formula is C22H24N2O4. The lowest BCUT2D eigenvalue weighted by atomic mass is 10.1. The number of ether oxygens (including phenoxy) is 3. The summed E-state index contributed by atoms with van der Waals surface area (Å²) in [6.07, 6.45) is 0. The van der Waals surface area contributed by atoms with E-state index in [0.717, 1.165) is 16.6 Å². The van der Waals surface area contributed by atoms with Gasteiger partial charge in [0.05, 0.1) is 25.4 Å². The van der Waals surface area contributed by atoms with Gasteiger partial charge in [-0.3, -0.25) is 9.78 Å². The van der Waals surface area contributed by atoms with Gasteiger partial charge in [0.1, 0.15) is 17.2 Å². The van der Waals surface area contributed by atoms with Crippen LogP contribution in [-0.2, 0) is 4.79 Å². The molecule has 1 heterocycles. The van der Waals surface area contributed by atoms with Crippen molar-refractivity contribution in [1.82, 2.24) is 4.98 Å². The minimum Gasteiger partial charge on any atom is -0.497 e. The van der Waals surface area contributed by atoms with Crippen molar-refractivity contribution in [2.75, 3.05) is 26.1 Å². The molecule has 146 valence electrons. The summed E-state index contributed by atoms with van der Waals surface area (Å²) < 4.78 is 16.4. The molecule has 0 saturated carbocycles. The van der Waals surface area contributed by atoms with Gasteiger partial charge < -0.3 is 19.5 Å². The van der Waals surface area contributed by atoms with Crippen molar-refractivity contribution >= 4 is 22.5 Å². The van der Waals surface area contributed by atoms with Gasteiger partial charge in [-0.25, -0.2) is 0 Å². The maximum absolute atomic E-state index is 12.4. The number of hydrogen-bond acceptors (Lipinski definition) is 5. The summed E-state index contributed by atoms with van der Waals surface area (Å²) in [4.78, 5) is 17.1. The molecular weight excluding hydrogens is 356 g/mol. The highest BCUT2D eigenvalue weighted by Crippen LogP contribution is 2.31. The SMILES string of the molecule is COc1ccc2nc(C(C)C)cc(OCC(=O)Nc3ccccc3OC)c2c1. The number of rotatable bonds is 7. The molecule has 0 spiro atoms. The molecule has 6 heteroatoms. The first-order valence-electron chi connectivity index (χ1n) is 9.06. The third-order valence-corrected chi connectivity index (χ3v) is 4.33. The number of aromatic nitrogens is 1. The predicted molar refractivity (Wildman–Crippen MR) is 110 cm³/mol. The predicted octanol–water partition coefficient (Wildman–Crippen LogP) is 4.39. The molecule has 3 rings (SSSR count). The van der Waals surface area contributed by atoms with Gasteiger partial charge in [-0.1, -0.05) is 26.0 Å². The first kappa shape index (κ1) is 19.5. The summed E-state index contributed by atoms with van der Waals surface area (Å²) in [5, 5.41) is 3.61. The van der Waals surface area contributed by atoms with Crippen molar-refractivity contribution in [3.8, 4) is 17.2 Å². The molecule has 6 nitrogen and oxygen atoms in total. The second-order valence-corrected chi connectivity index (χ2v) is 6.62. The lowest BCUT2D eigenvalue weighted by Crippen LogP contribution is -2.20. The van der Waals surface area contributed by atoms with Crippen LogP contribution in [0.2, 0.25) is 0 Å². The van der Waals surface area contributed by atoms with Crippen LogP contribution in [0, 0.1) is 0 Å². The number of benzene rings is 2. The van der Waals surface area contributed by atoms with Crippen molar-refractivity contribution < 1.29 is 19.0 Å². The van der Waals surface area contributed by atoms with Gasteiger partial charge in [0.2, 0.25) is 0 Å². The lowest BCUT2D eigenvalue weighted by molar-refractivity contribution is -0.118. The average Bonchev–Trinajstić information content (AvgIpc) is 2.71. The fourth-order valence-corrected chi connectivity index (χ4v) is 2.81. The summed E-state index contributed by atoms with van der Waals surface area (Å²) in [5.41, 5.74) is 2.30. The second kappa shape index (κ2) is 8.61. The van der Waals surface area contributed by atoms with E-state index < -0.39 is 0 Å². The standard InChI is InChI=1S/C22H24N2O4/c1-14(2)19-12-21(16-11-15(26-3)9-10-17(16)23-19)28-13-22(25)24-18-7-5-6-8-20(18)27-4/h5-12,14H,13H2,1-4H3,(H,24,25). The van der Waals surface area contributed by atoms with E-state index >= 15 is 0 Å². The molecule has 0 fully saturated rings. The molecule has 0 unspecified atom stereocenters. The number of nitrogens with one attached hydrogen (secondary N) is 1. The number of pyridine rings is 1. The van der Waals surface area contributed by atoms with Crippen molar-refractivity contribution in [2.24, 2.45) is 0 Å². The Morgan fingerprint density at radius 1 is 1.04 bits per heavy atom. The van der Waals surface area contributed by atoms with Crippen LogP contribution >= 0.6 is 0 Å². The van der Waals surface area contributed by atoms with Gasteiger partial charge in [0, 0.05) is 17.1 Å². The molecule has 0 aliphatic carbocycles. The highest BCUT2D eigenvalue weighted by molar-refractivity contribution is 5.94. The quantitative estimate of drug-likeness (QED) is 0.658. The van der Waals surface area contributed by atoms with Crippen LogP contribution in [0.3, 0.4) is 0 Å². The summed E-state index contributed by atoms with van der Waals surface area (Å²) >= 11 is 0. The smallest absolute Gasteiger partial charge is 0.262 e. The number of anilines is 1. The molecule has 28 heavy (non-hydrogen) atoms. The summed E-state index contributed by atoms with van der Waals surface area (Å²) in [6.45, 7) is 4.00. The maximum atomic E-state index is 12.4. The number of amides is 1. The van der Waals surface area contributed by atoms with E-state index in [1.807, 2.05) is 36.4 Å². The van der Waals surface area contributed by atoms with E-state index in [0.29, 0.717) is 22.9 Å². The van der Waals surface area contributed by atoms with Gasteiger partial charge in [-0.15, -0.1) is 0 Å². The van der Waals surface area contributed by atoms with Crippen LogP contribution in [0.15, 0.2) is 48.5 Å². The number of hydrogen-bond donors (Lipinski definition) is 1. The van der Waals surface area contributed by atoms with Gasteiger partial charge in [-0.05, 0) is 36.2 Å². The van der Waals surface area contributed by atoms with Gasteiger partial charge in [-0.2, -0.15) is 0 Å². The molecule has 0 aliphatic rings. The van der Waals surface area contributed by atoms with Crippen molar-refractivity contribution in [1.29, 1.82) is 0 Å². The number of fused-ring (bicyclic) bond motifs is 1. The Morgan fingerprint density at radius 2 is 1.82 bits per heavy atom. The van der Waals surface area contributed by atoms with Gasteiger partial charge in [0.15, 0.2) is 6.61 Å². The minimum absolute atomic E-state index is 0.133. The average molecular weight is 380 g/mol. The lowest BCUT2D eigenvalue weighted by Gasteiger charge is -2.14. The Bertz CT molecular complexity index is 985. The first-order chi connectivity index (χ1) is 13.5. The normalized spacial score (nSPS) is 10.8. The Morgan fingerprint density at radius 3 is 2.54 bits per heavy atom. The third-order valence-electron chi connectivity index (χ3n) is 4.33. The highest BCUT2D eigenvalue weighted by atomic mass is 16.5. The van der Waals surface area contributed by atoms with Crippen LogP contribution in [0.1, 0.15) is 25.5 Å². The third kappa shape index (κ3) is 4.34. The van der Waals surface area contributed by atoms with E-state index in [-0.39, 0.29) is 18.4 Å². The van der Waals surface area contributed by atoms with Gasteiger partial charge >= 0.3 is 0 Å². The number of carbonyl (C=O) groups is 1. The number of para-hydroxylation sites is 2. The Labute approximate surface area is 164 Å². The fourth-order valence-electron chi connectivity index (χ4n) is 2.81. The second-order valence-electron chi connectivity index (χ2n) is 6.62. The van der Waals surface area contributed by atoms with Crippen LogP contribution < -0.4 is 19.5 Å². The molecule has 1 N–H and O–H groups in total. The fraction of sp³-hybridized carbons (Fsp3) is 0.273. The highest BCUT2D eigenvalue weighted by Gasteiger charge is 2.13. The molecule has 0 aliphatic heterocycles. The minimum atomic E-state index is -0.275. The number of carbonyl (C=O) groups excluding carboxylic acids is 1. The molecule has 0 radical (unpaired) electrons. The van der Waals surface area contributed by atoms with E-state index in [1.54, 1.807) is 26.4 Å². The zero-order chi connectivity index (χ0) is 20.1. The van der Waals surface area contributed by atoms with Crippen LogP contribution in [-0.4, -0.2) is 31.7 Å². The summed E-state index contributed by atoms with van der Waals surface area (Å²) in [6, 6.07) is 14.7. The van der Waals surface area contributed by atoms with Gasteiger partial charge in [0.25, 0.3) is 5.91 Å². The topological polar surface area (TPSA) is 69.7 Å². The van der Waals surface area contributed by atoms with E-state index in [9.17, 15) is 4.79 Å². The van der Waals surface area contributed by atoms with Crippen molar-refractivity contribution in [3.05, 3.63) is 54.2 Å². The molecule has 2 aromatic carbocycles. The number of methoxy groups -OCH3 is 2. The van der Waals surface area contributed by atoms with E-state index in [1.165, 1.54) is 0 Å². The molecule has 1 amide bonds. The Hall–Kier alpha value is -3.28. The Kier molecular flexibility index (Phi) is 5.99. The van der Waals surface area contributed by atoms with Crippen molar-refractivity contribution in [3.63, 3.8) is 0 Å². The molecule has 3 aromatic rings. The zero-order valence-electron chi connectivity index (χ0n) is 16.5. The first-order valence-corrected chi connectivity index (χ1v) is 9.06.